The summed E-state index contributed by atoms with van der Waals surface area (Å²) in [6.45, 7) is 1.26. The number of thiazole rings is 1. The number of hydrogen-bond donors (Lipinski definition) is 2. The third kappa shape index (κ3) is 4.02. The zero-order valence-electron chi connectivity index (χ0n) is 11.5. The first kappa shape index (κ1) is 16.4. The number of aromatic nitrogens is 1. The Bertz CT molecular complexity index is 720. The number of carboxylic acid groups (broad SMARTS) is 1. The highest BCUT2D eigenvalue weighted by Gasteiger charge is 2.20. The van der Waals surface area contributed by atoms with E-state index in [1.54, 1.807) is 6.07 Å². The minimum absolute atomic E-state index is 0.00379. The lowest BCUT2D eigenvalue weighted by Gasteiger charge is -2.11. The van der Waals surface area contributed by atoms with Gasteiger partial charge < -0.3 is 10.4 Å². The van der Waals surface area contributed by atoms with Crippen LogP contribution in [0.25, 0.3) is 10.6 Å². The number of rotatable bonds is 5. The number of carbonyl (C=O) groups is 2. The third-order valence-electron chi connectivity index (χ3n) is 2.80. The summed E-state index contributed by atoms with van der Waals surface area (Å²) in [6, 6.07) is 3.24. The fourth-order valence-electron chi connectivity index (χ4n) is 1.81. The fourth-order valence-corrected chi connectivity index (χ4v) is 2.95. The number of amides is 1. The van der Waals surface area contributed by atoms with Crippen LogP contribution in [0, 0.1) is 5.82 Å². The summed E-state index contributed by atoms with van der Waals surface area (Å²) in [5, 5.41) is 12.0. The largest absolute Gasteiger partial charge is 0.480 e. The zero-order valence-corrected chi connectivity index (χ0v) is 13.0. The summed E-state index contributed by atoms with van der Waals surface area (Å²) in [5.74, 6) is -2.05. The lowest BCUT2D eigenvalue weighted by Crippen LogP contribution is -2.40. The van der Waals surface area contributed by atoms with Gasteiger partial charge in [-0.2, -0.15) is 0 Å². The van der Waals surface area contributed by atoms with E-state index in [-0.39, 0.29) is 11.4 Å². The molecule has 1 amide bonds. The molecule has 1 heterocycles. The second kappa shape index (κ2) is 6.85. The van der Waals surface area contributed by atoms with Gasteiger partial charge in [-0.05, 0) is 18.2 Å². The van der Waals surface area contributed by atoms with E-state index in [4.69, 9.17) is 16.7 Å². The highest BCUT2D eigenvalue weighted by atomic mass is 35.5. The van der Waals surface area contributed by atoms with E-state index in [9.17, 15) is 14.0 Å². The van der Waals surface area contributed by atoms with Gasteiger partial charge in [-0.25, -0.2) is 14.2 Å². The summed E-state index contributed by atoms with van der Waals surface area (Å²) in [6.07, 6.45) is 1.66. The maximum absolute atomic E-state index is 13.1. The Labute approximate surface area is 134 Å². The molecule has 0 fully saturated rings. The molecule has 0 saturated heterocycles. The van der Waals surface area contributed by atoms with E-state index < -0.39 is 23.7 Å². The van der Waals surface area contributed by atoms with E-state index in [1.807, 2.05) is 0 Å². The summed E-state index contributed by atoms with van der Waals surface area (Å²) < 4.78 is 13.1. The second-order valence-corrected chi connectivity index (χ2v) is 6.08. The van der Waals surface area contributed by atoms with Gasteiger partial charge >= 0.3 is 5.97 Å². The summed E-state index contributed by atoms with van der Waals surface area (Å²) in [4.78, 5) is 27.0. The molecule has 1 unspecified atom stereocenters. The standard InChI is InChI=1S/C14H12ClFN2O3S/c1-7(19)18-12(14(20)21)5-9-6-17-13(22-9)8-2-3-11(16)10(15)4-8/h2-4,6,12H,5H2,1H3,(H,18,19)(H,20,21). The minimum atomic E-state index is -1.12. The van der Waals surface area contributed by atoms with Crippen LogP contribution in [0.3, 0.4) is 0 Å². The van der Waals surface area contributed by atoms with Gasteiger partial charge in [-0.3, -0.25) is 4.79 Å². The molecule has 0 saturated carbocycles. The second-order valence-electron chi connectivity index (χ2n) is 4.56. The van der Waals surface area contributed by atoms with Gasteiger partial charge in [-0.1, -0.05) is 11.6 Å². The predicted molar refractivity (Wildman–Crippen MR) is 81.5 cm³/mol. The van der Waals surface area contributed by atoms with Crippen molar-refractivity contribution >= 4 is 34.8 Å². The van der Waals surface area contributed by atoms with E-state index in [0.717, 1.165) is 0 Å². The van der Waals surface area contributed by atoms with Crippen molar-refractivity contribution in [1.82, 2.24) is 10.3 Å². The van der Waals surface area contributed by atoms with Crippen LogP contribution in [0.5, 0.6) is 0 Å². The predicted octanol–water partition coefficient (Wildman–Crippen LogP) is 2.73. The van der Waals surface area contributed by atoms with Crippen LogP contribution in [-0.4, -0.2) is 28.0 Å². The Morgan fingerprint density at radius 3 is 2.82 bits per heavy atom. The Morgan fingerprint density at radius 1 is 1.50 bits per heavy atom. The first-order valence-corrected chi connectivity index (χ1v) is 7.46. The van der Waals surface area contributed by atoms with E-state index in [0.29, 0.717) is 15.4 Å². The third-order valence-corrected chi connectivity index (χ3v) is 4.16. The molecule has 2 aromatic rings. The quantitative estimate of drug-likeness (QED) is 0.875. The maximum Gasteiger partial charge on any atom is 0.326 e. The van der Waals surface area contributed by atoms with Crippen LogP contribution in [-0.2, 0) is 16.0 Å². The number of nitrogens with one attached hydrogen (secondary N) is 1. The SMILES string of the molecule is CC(=O)NC(Cc1cnc(-c2ccc(F)c(Cl)c2)s1)C(=O)O. The number of carboxylic acids is 1. The van der Waals surface area contributed by atoms with Crippen molar-refractivity contribution in [3.8, 4) is 10.6 Å². The first-order valence-electron chi connectivity index (χ1n) is 6.27. The van der Waals surface area contributed by atoms with Crippen molar-refractivity contribution < 1.29 is 19.1 Å². The van der Waals surface area contributed by atoms with E-state index in [1.165, 1.54) is 36.6 Å². The van der Waals surface area contributed by atoms with Crippen molar-refractivity contribution in [3.05, 3.63) is 40.1 Å². The normalized spacial score (nSPS) is 12.0. The van der Waals surface area contributed by atoms with Gasteiger partial charge in [0.05, 0.1) is 5.02 Å². The molecule has 0 aliphatic rings. The van der Waals surface area contributed by atoms with Crippen LogP contribution >= 0.6 is 22.9 Å². The molecular formula is C14H12ClFN2O3S. The smallest absolute Gasteiger partial charge is 0.326 e. The average Bonchev–Trinajstić information content (AvgIpc) is 2.89. The Hall–Kier alpha value is -1.99. The van der Waals surface area contributed by atoms with Crippen molar-refractivity contribution in [2.24, 2.45) is 0 Å². The molecule has 0 bridgehead atoms. The Morgan fingerprint density at radius 2 is 2.23 bits per heavy atom. The van der Waals surface area contributed by atoms with Crippen LogP contribution in [0.4, 0.5) is 4.39 Å². The molecule has 1 aromatic heterocycles. The molecule has 0 aliphatic heterocycles. The molecule has 0 spiro atoms. The van der Waals surface area contributed by atoms with Gasteiger partial charge in [0, 0.05) is 30.0 Å². The molecule has 2 N–H and O–H groups in total. The monoisotopic (exact) mass is 342 g/mol. The number of benzene rings is 1. The highest BCUT2D eigenvalue weighted by molar-refractivity contribution is 7.15. The summed E-state index contributed by atoms with van der Waals surface area (Å²) in [7, 11) is 0. The van der Waals surface area contributed by atoms with Gasteiger partial charge in [0.25, 0.3) is 0 Å². The highest BCUT2D eigenvalue weighted by Crippen LogP contribution is 2.29. The van der Waals surface area contributed by atoms with Crippen LogP contribution in [0.1, 0.15) is 11.8 Å². The molecule has 1 aromatic carbocycles. The number of halogens is 2. The van der Waals surface area contributed by atoms with E-state index >= 15 is 0 Å². The van der Waals surface area contributed by atoms with Crippen LogP contribution in [0.2, 0.25) is 5.02 Å². The molecule has 2 rings (SSSR count). The van der Waals surface area contributed by atoms with Gasteiger partial charge in [0.15, 0.2) is 0 Å². The topological polar surface area (TPSA) is 79.3 Å². The molecule has 116 valence electrons. The van der Waals surface area contributed by atoms with Crippen molar-refractivity contribution in [1.29, 1.82) is 0 Å². The fraction of sp³-hybridized carbons (Fsp3) is 0.214. The Kier molecular flexibility index (Phi) is 5.10. The molecule has 0 aliphatic carbocycles. The molecule has 22 heavy (non-hydrogen) atoms. The number of hydrogen-bond acceptors (Lipinski definition) is 4. The minimum Gasteiger partial charge on any atom is -0.480 e. The molecule has 8 heteroatoms. The molecule has 1 atom stereocenters. The molecular weight excluding hydrogens is 331 g/mol. The van der Waals surface area contributed by atoms with Crippen LogP contribution < -0.4 is 5.32 Å². The lowest BCUT2D eigenvalue weighted by atomic mass is 10.2. The Balaban J connectivity index is 2.18. The average molecular weight is 343 g/mol. The number of nitrogens with zero attached hydrogens (tertiary/aromatic N) is 1. The molecule has 0 radical (unpaired) electrons. The van der Waals surface area contributed by atoms with Crippen molar-refractivity contribution in [3.63, 3.8) is 0 Å². The molecule has 5 nitrogen and oxygen atoms in total. The number of aliphatic carboxylic acids is 1. The number of carbonyl (C=O) groups excluding carboxylic acids is 1. The van der Waals surface area contributed by atoms with Crippen molar-refractivity contribution in [2.45, 2.75) is 19.4 Å². The summed E-state index contributed by atoms with van der Waals surface area (Å²) >= 11 is 7.00. The van der Waals surface area contributed by atoms with Crippen molar-refractivity contribution in [2.75, 3.05) is 0 Å². The van der Waals surface area contributed by atoms with Crippen LogP contribution in [0.15, 0.2) is 24.4 Å². The zero-order chi connectivity index (χ0) is 16.3. The van der Waals surface area contributed by atoms with Gasteiger partial charge in [-0.15, -0.1) is 11.3 Å². The van der Waals surface area contributed by atoms with Gasteiger partial charge in [0.2, 0.25) is 5.91 Å². The maximum atomic E-state index is 13.1. The lowest BCUT2D eigenvalue weighted by molar-refractivity contribution is -0.141. The van der Waals surface area contributed by atoms with E-state index in [2.05, 4.69) is 10.3 Å². The van der Waals surface area contributed by atoms with Gasteiger partial charge in [0.1, 0.15) is 16.9 Å². The first-order chi connectivity index (χ1) is 10.4. The summed E-state index contributed by atoms with van der Waals surface area (Å²) in [5.41, 5.74) is 0.647.